The average Bonchev–Trinajstić information content (AvgIpc) is 2.19. The number of rotatable bonds is 2. The second-order valence-corrected chi connectivity index (χ2v) is 2.78. The molecule has 0 atom stereocenters. The Morgan fingerprint density at radius 1 is 1.71 bits per heavy atom. The Morgan fingerprint density at radius 3 is 2.86 bits per heavy atom. The van der Waals surface area contributed by atoms with Gasteiger partial charge in [-0.2, -0.15) is 4.39 Å². The van der Waals surface area contributed by atoms with Gasteiger partial charge in [0.05, 0.1) is 12.3 Å². The summed E-state index contributed by atoms with van der Waals surface area (Å²) >= 11 is 5.56. The number of ether oxygens (including phenoxy) is 1. The Hall–Kier alpha value is -1.45. The van der Waals surface area contributed by atoms with Gasteiger partial charge in [0.1, 0.15) is 10.7 Å². The number of nitrogens with two attached hydrogens (primary N) is 1. The molecular weight excluding hydrogens is 211 g/mol. The fraction of sp³-hybridized carbons (Fsp3) is 0.250. The highest BCUT2D eigenvalue weighted by Gasteiger charge is 2.24. The number of hydrogen-bond donors (Lipinski definition) is 2. The van der Waals surface area contributed by atoms with Crippen LogP contribution < -0.4 is 11.1 Å². The van der Waals surface area contributed by atoms with Crippen molar-refractivity contribution in [3.63, 3.8) is 0 Å². The number of allylic oxidation sites excluding steroid dienone is 2. The zero-order chi connectivity index (χ0) is 10.7. The quantitative estimate of drug-likeness (QED) is 0.676. The number of carbonyl (C=O) groups excluding carboxylic acids is 1. The first-order chi connectivity index (χ1) is 6.61. The highest BCUT2D eigenvalue weighted by atomic mass is 35.5. The van der Waals surface area contributed by atoms with Crippen molar-refractivity contribution in [3.8, 4) is 0 Å². The van der Waals surface area contributed by atoms with E-state index in [1.165, 1.54) is 5.94 Å². The summed E-state index contributed by atoms with van der Waals surface area (Å²) in [6.07, 6.45) is 0. The number of halogens is 2. The highest BCUT2D eigenvalue weighted by Crippen LogP contribution is 2.26. The first-order valence-electron chi connectivity index (χ1n) is 3.82. The van der Waals surface area contributed by atoms with Crippen LogP contribution in [-0.2, 0) is 9.53 Å². The van der Waals surface area contributed by atoms with Crippen molar-refractivity contribution < 1.29 is 13.9 Å². The monoisotopic (exact) mass is 218 g/mol. The fourth-order valence-electron chi connectivity index (χ4n) is 0.891. The lowest BCUT2D eigenvalue weighted by atomic mass is 10.2. The van der Waals surface area contributed by atoms with Crippen LogP contribution in [0.25, 0.3) is 0 Å². The largest absolute Gasteiger partial charge is 0.477 e. The Bertz CT molecular complexity index is 370. The maximum Gasteiger partial charge on any atom is 0.231 e. The Labute approximate surface area is 84.9 Å². The second-order valence-electron chi connectivity index (χ2n) is 2.41. The minimum absolute atomic E-state index is 0.131. The molecular formula is C8H8ClFN2O2. The van der Waals surface area contributed by atoms with Crippen LogP contribution in [0.5, 0.6) is 0 Å². The number of hydrogen-bond acceptors (Lipinski definition) is 4. The number of nitrogens with one attached hydrogen (secondary N) is 1. The van der Waals surface area contributed by atoms with Gasteiger partial charge in [-0.3, -0.25) is 0 Å². The molecule has 0 aliphatic carbocycles. The predicted octanol–water partition coefficient (Wildman–Crippen LogP) is 0.889. The summed E-state index contributed by atoms with van der Waals surface area (Å²) in [4.78, 5) is 10.4. The van der Waals surface area contributed by atoms with Crippen molar-refractivity contribution >= 4 is 17.5 Å². The van der Waals surface area contributed by atoms with Crippen LogP contribution in [0.4, 0.5) is 4.39 Å². The highest BCUT2D eigenvalue weighted by molar-refractivity contribution is 6.33. The van der Waals surface area contributed by atoms with Crippen LogP contribution in [-0.4, -0.2) is 12.5 Å². The van der Waals surface area contributed by atoms with Gasteiger partial charge in [-0.15, -0.1) is 0 Å². The van der Waals surface area contributed by atoms with Gasteiger partial charge in [-0.25, -0.2) is 4.79 Å². The summed E-state index contributed by atoms with van der Waals surface area (Å²) < 4.78 is 18.1. The molecule has 14 heavy (non-hydrogen) atoms. The molecule has 0 bridgehead atoms. The molecule has 0 aromatic carbocycles. The molecule has 6 heteroatoms. The molecule has 3 N–H and O–H groups in total. The molecule has 0 unspecified atom stereocenters. The third kappa shape index (κ3) is 1.73. The molecule has 0 aromatic heterocycles. The Morgan fingerprint density at radius 2 is 2.36 bits per heavy atom. The van der Waals surface area contributed by atoms with Gasteiger partial charge in [-0.05, 0) is 6.92 Å². The van der Waals surface area contributed by atoms with Crippen molar-refractivity contribution in [2.75, 3.05) is 6.61 Å². The predicted molar refractivity (Wildman–Crippen MR) is 49.2 cm³/mol. The second kappa shape index (κ2) is 4.17. The Kier molecular flexibility index (Phi) is 3.17. The van der Waals surface area contributed by atoms with Crippen molar-refractivity contribution in [1.29, 1.82) is 0 Å². The van der Waals surface area contributed by atoms with E-state index in [2.05, 4.69) is 5.32 Å². The molecule has 0 spiro atoms. The molecule has 0 saturated carbocycles. The van der Waals surface area contributed by atoms with Crippen molar-refractivity contribution in [2.24, 2.45) is 5.73 Å². The molecule has 1 heterocycles. The van der Waals surface area contributed by atoms with Crippen molar-refractivity contribution in [1.82, 2.24) is 5.32 Å². The van der Waals surface area contributed by atoms with E-state index in [-0.39, 0.29) is 28.9 Å². The Balaban J connectivity index is 3.15. The minimum atomic E-state index is -0.809. The van der Waals surface area contributed by atoms with E-state index in [1.54, 1.807) is 6.92 Å². The van der Waals surface area contributed by atoms with Gasteiger partial charge in [0.15, 0.2) is 5.94 Å². The molecule has 0 amide bonds. The van der Waals surface area contributed by atoms with E-state index in [9.17, 15) is 9.18 Å². The maximum atomic E-state index is 13.3. The first-order valence-corrected chi connectivity index (χ1v) is 4.20. The summed E-state index contributed by atoms with van der Waals surface area (Å²) in [7, 11) is 0. The van der Waals surface area contributed by atoms with Gasteiger partial charge in [0, 0.05) is 0 Å². The summed E-state index contributed by atoms with van der Waals surface area (Å²) in [6.45, 7) is 1.91. The lowest BCUT2D eigenvalue weighted by molar-refractivity contribution is 0.199. The fourth-order valence-corrected chi connectivity index (χ4v) is 1.06. The van der Waals surface area contributed by atoms with Crippen LogP contribution >= 0.6 is 11.6 Å². The van der Waals surface area contributed by atoms with Gasteiger partial charge >= 0.3 is 0 Å². The molecule has 1 aliphatic rings. The first kappa shape index (κ1) is 10.6. The van der Waals surface area contributed by atoms with Gasteiger partial charge in [0.25, 0.3) is 0 Å². The van der Waals surface area contributed by atoms with E-state index in [4.69, 9.17) is 22.1 Å². The van der Waals surface area contributed by atoms with Crippen molar-refractivity contribution in [3.05, 3.63) is 28.1 Å². The van der Waals surface area contributed by atoms with Crippen molar-refractivity contribution in [2.45, 2.75) is 6.92 Å². The van der Waals surface area contributed by atoms with Crippen LogP contribution in [0.2, 0.25) is 0 Å². The van der Waals surface area contributed by atoms with E-state index in [0.717, 1.165) is 0 Å². The molecule has 76 valence electrons. The molecule has 0 aromatic rings. The topological polar surface area (TPSA) is 64.3 Å². The van der Waals surface area contributed by atoms with E-state index < -0.39 is 5.83 Å². The van der Waals surface area contributed by atoms with Gasteiger partial charge < -0.3 is 15.8 Å². The minimum Gasteiger partial charge on any atom is -0.477 e. The summed E-state index contributed by atoms with van der Waals surface area (Å²) in [6, 6.07) is 0. The molecule has 1 rings (SSSR count). The normalized spacial score (nSPS) is 16.6. The molecule has 1 aliphatic heterocycles. The smallest absolute Gasteiger partial charge is 0.231 e. The molecule has 0 fully saturated rings. The molecule has 0 saturated heterocycles. The third-order valence-corrected chi connectivity index (χ3v) is 1.91. The van der Waals surface area contributed by atoms with E-state index in [1.807, 2.05) is 0 Å². The molecule has 4 nitrogen and oxygen atoms in total. The number of dihydropyridines is 1. The standard InChI is InChI=1S/C8H8ClFN2O2/c1-2-14-8-6(10)7(11)5(9)4(3-13)12-8/h12H,2,11H2,1H3. The molecule has 0 radical (unpaired) electrons. The SMILES string of the molecule is CCOC1=C(F)C(N)=C(Cl)C(=C=O)N1. The van der Waals surface area contributed by atoms with E-state index >= 15 is 0 Å². The van der Waals surface area contributed by atoms with Crippen LogP contribution in [0.3, 0.4) is 0 Å². The van der Waals surface area contributed by atoms with E-state index in [0.29, 0.717) is 0 Å². The van der Waals surface area contributed by atoms with Gasteiger partial charge in [0.2, 0.25) is 11.7 Å². The average molecular weight is 219 g/mol. The third-order valence-electron chi connectivity index (χ3n) is 1.52. The lowest BCUT2D eigenvalue weighted by Gasteiger charge is -2.18. The summed E-state index contributed by atoms with van der Waals surface area (Å²) in [5.41, 5.74) is 4.85. The zero-order valence-corrected chi connectivity index (χ0v) is 8.11. The summed E-state index contributed by atoms with van der Waals surface area (Å²) in [5.74, 6) is 0.473. The van der Waals surface area contributed by atoms with Crippen LogP contribution in [0, 0.1) is 0 Å². The zero-order valence-electron chi connectivity index (χ0n) is 7.36. The summed E-state index contributed by atoms with van der Waals surface area (Å²) in [5, 5.41) is 2.15. The van der Waals surface area contributed by atoms with Crippen LogP contribution in [0.15, 0.2) is 28.1 Å². The van der Waals surface area contributed by atoms with Crippen LogP contribution in [0.1, 0.15) is 6.92 Å². The maximum absolute atomic E-state index is 13.3. The van der Waals surface area contributed by atoms with Gasteiger partial charge in [-0.1, -0.05) is 11.6 Å². The lowest BCUT2D eigenvalue weighted by Crippen LogP contribution is -2.25.